The maximum absolute atomic E-state index is 12.9. The Labute approximate surface area is 147 Å². The summed E-state index contributed by atoms with van der Waals surface area (Å²) in [5.41, 5.74) is 1.50. The Kier molecular flexibility index (Phi) is 5.80. The van der Waals surface area contributed by atoms with Crippen molar-refractivity contribution in [2.24, 2.45) is 11.8 Å². The standard InChI is InChI=1S/C20H27F3O2/c1-14-17(13-16-5-2-3-6-16)9-10-18(19(14)25-20(21,22)23)24-12-11-15-7-4-8-15/h9-10,15-16H,2-8,11-13H2,1H3. The van der Waals surface area contributed by atoms with Crippen molar-refractivity contribution in [3.63, 3.8) is 0 Å². The van der Waals surface area contributed by atoms with Crippen molar-refractivity contribution in [2.45, 2.75) is 71.1 Å². The van der Waals surface area contributed by atoms with Crippen LogP contribution in [-0.4, -0.2) is 13.0 Å². The van der Waals surface area contributed by atoms with Crippen LogP contribution in [0.1, 0.15) is 62.5 Å². The fourth-order valence-corrected chi connectivity index (χ4v) is 3.93. The van der Waals surface area contributed by atoms with Gasteiger partial charge in [0.1, 0.15) is 0 Å². The zero-order valence-electron chi connectivity index (χ0n) is 14.8. The number of ether oxygens (including phenoxy) is 2. The van der Waals surface area contributed by atoms with Gasteiger partial charge >= 0.3 is 6.36 Å². The van der Waals surface area contributed by atoms with E-state index in [1.165, 1.54) is 32.1 Å². The van der Waals surface area contributed by atoms with Crippen LogP contribution in [0.5, 0.6) is 11.5 Å². The number of benzene rings is 1. The fourth-order valence-electron chi connectivity index (χ4n) is 3.93. The predicted molar refractivity (Wildman–Crippen MR) is 91.0 cm³/mol. The minimum absolute atomic E-state index is 0.156. The number of halogens is 3. The van der Waals surface area contributed by atoms with Crippen LogP contribution in [0.3, 0.4) is 0 Å². The van der Waals surface area contributed by atoms with Gasteiger partial charge in [-0.3, -0.25) is 0 Å². The average Bonchev–Trinajstić information content (AvgIpc) is 2.99. The molecule has 0 saturated heterocycles. The lowest BCUT2D eigenvalue weighted by atomic mass is 9.83. The summed E-state index contributed by atoms with van der Waals surface area (Å²) < 4.78 is 48.6. The van der Waals surface area contributed by atoms with Gasteiger partial charge in [-0.05, 0) is 48.8 Å². The van der Waals surface area contributed by atoms with E-state index in [1.54, 1.807) is 13.0 Å². The molecule has 2 nitrogen and oxygen atoms in total. The summed E-state index contributed by atoms with van der Waals surface area (Å²) in [7, 11) is 0. The molecule has 0 atom stereocenters. The summed E-state index contributed by atoms with van der Waals surface area (Å²) in [6.45, 7) is 2.16. The molecule has 1 aromatic rings. The molecule has 25 heavy (non-hydrogen) atoms. The summed E-state index contributed by atoms with van der Waals surface area (Å²) in [6, 6.07) is 3.56. The molecule has 140 valence electrons. The number of hydrogen-bond acceptors (Lipinski definition) is 2. The quantitative estimate of drug-likeness (QED) is 0.579. The maximum atomic E-state index is 12.9. The first kappa shape index (κ1) is 18.4. The Bertz CT molecular complexity index is 573. The molecule has 2 saturated carbocycles. The summed E-state index contributed by atoms with van der Waals surface area (Å²) >= 11 is 0. The van der Waals surface area contributed by atoms with Gasteiger partial charge in [0.25, 0.3) is 0 Å². The lowest BCUT2D eigenvalue weighted by molar-refractivity contribution is -0.275. The molecule has 0 heterocycles. The van der Waals surface area contributed by atoms with Crippen LogP contribution in [0.4, 0.5) is 13.2 Å². The van der Waals surface area contributed by atoms with E-state index < -0.39 is 6.36 Å². The maximum Gasteiger partial charge on any atom is 0.573 e. The van der Waals surface area contributed by atoms with E-state index >= 15 is 0 Å². The van der Waals surface area contributed by atoms with E-state index in [-0.39, 0.29) is 11.5 Å². The molecule has 0 aromatic heterocycles. The normalized spacial score (nSPS) is 19.0. The summed E-state index contributed by atoms with van der Waals surface area (Å²) in [4.78, 5) is 0. The van der Waals surface area contributed by atoms with Gasteiger partial charge in [0.15, 0.2) is 11.5 Å². The highest BCUT2D eigenvalue weighted by atomic mass is 19.4. The molecule has 5 heteroatoms. The second-order valence-electron chi connectivity index (χ2n) is 7.51. The van der Waals surface area contributed by atoms with Crippen LogP contribution in [0.15, 0.2) is 12.1 Å². The summed E-state index contributed by atoms with van der Waals surface area (Å²) in [6.07, 6.45) is 5.43. The third-order valence-electron chi connectivity index (χ3n) is 5.69. The van der Waals surface area contributed by atoms with Gasteiger partial charge in [-0.1, -0.05) is 51.0 Å². The molecule has 1 aromatic carbocycles. The van der Waals surface area contributed by atoms with E-state index in [9.17, 15) is 13.2 Å². The lowest BCUT2D eigenvalue weighted by Crippen LogP contribution is -2.20. The zero-order chi connectivity index (χ0) is 17.9. The van der Waals surface area contributed by atoms with Crippen molar-refractivity contribution in [2.75, 3.05) is 6.61 Å². The minimum Gasteiger partial charge on any atom is -0.490 e. The Morgan fingerprint density at radius 2 is 1.68 bits per heavy atom. The van der Waals surface area contributed by atoms with Crippen LogP contribution in [0.25, 0.3) is 0 Å². The Balaban J connectivity index is 1.73. The number of alkyl halides is 3. The smallest absolute Gasteiger partial charge is 0.490 e. The lowest BCUT2D eigenvalue weighted by Gasteiger charge is -2.25. The molecule has 0 N–H and O–H groups in total. The van der Waals surface area contributed by atoms with E-state index in [0.29, 0.717) is 24.0 Å². The third kappa shape index (κ3) is 5.05. The van der Waals surface area contributed by atoms with Gasteiger partial charge in [0.2, 0.25) is 0 Å². The Morgan fingerprint density at radius 3 is 2.28 bits per heavy atom. The topological polar surface area (TPSA) is 18.5 Å². The van der Waals surface area contributed by atoms with E-state index in [4.69, 9.17) is 4.74 Å². The summed E-state index contributed by atoms with van der Waals surface area (Å²) in [5.74, 6) is 1.29. The Hall–Kier alpha value is -1.39. The first-order valence-electron chi connectivity index (χ1n) is 9.43. The third-order valence-corrected chi connectivity index (χ3v) is 5.69. The monoisotopic (exact) mass is 356 g/mol. The van der Waals surface area contributed by atoms with Crippen LogP contribution >= 0.6 is 0 Å². The highest BCUT2D eigenvalue weighted by molar-refractivity contribution is 5.50. The molecular weight excluding hydrogens is 329 g/mol. The first-order valence-corrected chi connectivity index (χ1v) is 9.43. The minimum atomic E-state index is -4.71. The molecule has 2 aliphatic carbocycles. The van der Waals surface area contributed by atoms with Gasteiger partial charge in [0, 0.05) is 0 Å². The van der Waals surface area contributed by atoms with Gasteiger partial charge < -0.3 is 9.47 Å². The molecule has 0 amide bonds. The number of hydrogen-bond donors (Lipinski definition) is 0. The van der Waals surface area contributed by atoms with Crippen molar-refractivity contribution in [3.05, 3.63) is 23.3 Å². The first-order chi connectivity index (χ1) is 11.9. The van der Waals surface area contributed by atoms with Crippen molar-refractivity contribution in [1.29, 1.82) is 0 Å². The van der Waals surface area contributed by atoms with Crippen LogP contribution in [-0.2, 0) is 6.42 Å². The van der Waals surface area contributed by atoms with Crippen molar-refractivity contribution in [3.8, 4) is 11.5 Å². The average molecular weight is 356 g/mol. The molecule has 0 unspecified atom stereocenters. The van der Waals surface area contributed by atoms with Gasteiger partial charge in [-0.15, -0.1) is 13.2 Å². The van der Waals surface area contributed by atoms with E-state index in [2.05, 4.69) is 4.74 Å². The van der Waals surface area contributed by atoms with Crippen LogP contribution < -0.4 is 9.47 Å². The van der Waals surface area contributed by atoms with Crippen LogP contribution in [0.2, 0.25) is 0 Å². The molecular formula is C20H27F3O2. The molecule has 0 bridgehead atoms. The van der Waals surface area contributed by atoms with Crippen LogP contribution in [0, 0.1) is 18.8 Å². The molecule has 0 spiro atoms. The largest absolute Gasteiger partial charge is 0.573 e. The van der Waals surface area contributed by atoms with Gasteiger partial charge in [-0.25, -0.2) is 0 Å². The second kappa shape index (κ2) is 7.88. The molecule has 2 aliphatic rings. The number of rotatable bonds is 7. The molecule has 2 fully saturated rings. The van der Waals surface area contributed by atoms with E-state index in [0.717, 1.165) is 31.2 Å². The fraction of sp³-hybridized carbons (Fsp3) is 0.700. The van der Waals surface area contributed by atoms with Gasteiger partial charge in [-0.2, -0.15) is 0 Å². The van der Waals surface area contributed by atoms with Crippen molar-refractivity contribution in [1.82, 2.24) is 0 Å². The zero-order valence-corrected chi connectivity index (χ0v) is 14.8. The SMILES string of the molecule is Cc1c(CC2CCCC2)ccc(OCCC2CCC2)c1OC(F)(F)F. The molecule has 0 radical (unpaired) electrons. The molecule has 3 rings (SSSR count). The van der Waals surface area contributed by atoms with Crippen molar-refractivity contribution >= 4 is 0 Å². The van der Waals surface area contributed by atoms with E-state index in [1.807, 2.05) is 6.07 Å². The summed E-state index contributed by atoms with van der Waals surface area (Å²) in [5, 5.41) is 0. The van der Waals surface area contributed by atoms with Gasteiger partial charge in [0.05, 0.1) is 6.61 Å². The molecule has 0 aliphatic heterocycles. The Morgan fingerprint density at radius 1 is 1.00 bits per heavy atom. The second-order valence-corrected chi connectivity index (χ2v) is 7.51. The highest BCUT2D eigenvalue weighted by Crippen LogP contribution is 2.39. The van der Waals surface area contributed by atoms with Crippen molar-refractivity contribution < 1.29 is 22.6 Å². The highest BCUT2D eigenvalue weighted by Gasteiger charge is 2.34. The predicted octanol–water partition coefficient (Wildman–Crippen LogP) is 6.20.